The molecule has 0 bridgehead atoms. The summed E-state index contributed by atoms with van der Waals surface area (Å²) >= 11 is 0. The summed E-state index contributed by atoms with van der Waals surface area (Å²) in [6, 6.07) is 0. The van der Waals surface area contributed by atoms with Crippen LogP contribution in [0.4, 0.5) is 0 Å². The third-order valence-electron chi connectivity index (χ3n) is 1.92. The van der Waals surface area contributed by atoms with E-state index in [2.05, 4.69) is 4.98 Å². The van der Waals surface area contributed by atoms with Gasteiger partial charge >= 0.3 is 10.2 Å². The number of hydrogen-bond acceptors (Lipinski definition) is 4. The fourth-order valence-corrected chi connectivity index (χ4v) is 2.04. The Kier molecular flexibility index (Phi) is 3.83. The van der Waals surface area contributed by atoms with Crippen LogP contribution in [0, 0.1) is 0 Å². The highest BCUT2D eigenvalue weighted by Gasteiger charge is 2.19. The quantitative estimate of drug-likeness (QED) is 0.702. The lowest BCUT2D eigenvalue weighted by atomic mass is 10.4. The van der Waals surface area contributed by atoms with Gasteiger partial charge in [0.25, 0.3) is 0 Å². The molecule has 0 aliphatic rings. The van der Waals surface area contributed by atoms with Crippen LogP contribution in [0.5, 0.6) is 0 Å². The smallest absolute Gasteiger partial charge is 0.308 e. The molecule has 86 valence electrons. The Morgan fingerprint density at radius 3 is 2.73 bits per heavy atom. The van der Waals surface area contributed by atoms with E-state index in [0.717, 1.165) is 8.28 Å². The number of imidazole rings is 1. The Morgan fingerprint density at radius 2 is 2.20 bits per heavy atom. The Hall–Kier alpha value is -0.920. The first kappa shape index (κ1) is 12.2. The van der Waals surface area contributed by atoms with E-state index >= 15 is 0 Å². The van der Waals surface area contributed by atoms with Gasteiger partial charge in [-0.15, -0.1) is 0 Å². The Labute approximate surface area is 89.7 Å². The SMILES string of the molecule is COCCc1nccn1S(=O)(=O)N(C)C. The molecular weight excluding hydrogens is 218 g/mol. The third kappa shape index (κ3) is 2.55. The molecule has 15 heavy (non-hydrogen) atoms. The fourth-order valence-electron chi connectivity index (χ4n) is 1.08. The maximum Gasteiger partial charge on any atom is 0.308 e. The molecule has 7 heteroatoms. The number of hydrogen-bond donors (Lipinski definition) is 0. The molecule has 1 heterocycles. The van der Waals surface area contributed by atoms with Gasteiger partial charge < -0.3 is 4.74 Å². The van der Waals surface area contributed by atoms with E-state index in [1.165, 1.54) is 26.5 Å². The molecule has 0 aliphatic carbocycles. The number of methoxy groups -OCH3 is 1. The number of nitrogens with zero attached hydrogens (tertiary/aromatic N) is 3. The van der Waals surface area contributed by atoms with Gasteiger partial charge in [-0.05, 0) is 0 Å². The molecule has 6 nitrogen and oxygen atoms in total. The Morgan fingerprint density at radius 1 is 1.53 bits per heavy atom. The van der Waals surface area contributed by atoms with E-state index in [4.69, 9.17) is 4.74 Å². The average Bonchev–Trinajstić information content (AvgIpc) is 2.62. The van der Waals surface area contributed by atoms with Gasteiger partial charge in [0.05, 0.1) is 6.61 Å². The second kappa shape index (κ2) is 4.73. The summed E-state index contributed by atoms with van der Waals surface area (Å²) in [5, 5.41) is 0. The minimum Gasteiger partial charge on any atom is -0.384 e. The van der Waals surface area contributed by atoms with Crippen molar-refractivity contribution in [2.24, 2.45) is 0 Å². The number of rotatable bonds is 5. The molecule has 1 aromatic rings. The first-order chi connectivity index (χ1) is 7.00. The van der Waals surface area contributed by atoms with E-state index in [9.17, 15) is 8.42 Å². The molecule has 0 spiro atoms. The molecule has 0 aromatic carbocycles. The highest BCUT2D eigenvalue weighted by molar-refractivity contribution is 7.87. The summed E-state index contributed by atoms with van der Waals surface area (Å²) in [5.41, 5.74) is 0. The van der Waals surface area contributed by atoms with Gasteiger partial charge in [0.1, 0.15) is 5.82 Å². The predicted molar refractivity (Wildman–Crippen MR) is 55.8 cm³/mol. The summed E-state index contributed by atoms with van der Waals surface area (Å²) in [6.45, 7) is 0.444. The summed E-state index contributed by atoms with van der Waals surface area (Å²) < 4.78 is 30.8. The van der Waals surface area contributed by atoms with Gasteiger partial charge in [-0.2, -0.15) is 12.7 Å². The lowest BCUT2D eigenvalue weighted by molar-refractivity contribution is 0.200. The van der Waals surface area contributed by atoms with Gasteiger partial charge in [-0.1, -0.05) is 0 Å². The molecule has 0 aliphatic heterocycles. The van der Waals surface area contributed by atoms with Crippen LogP contribution in [0.15, 0.2) is 12.4 Å². The number of ether oxygens (including phenoxy) is 1. The van der Waals surface area contributed by atoms with Crippen molar-refractivity contribution in [3.8, 4) is 0 Å². The van der Waals surface area contributed by atoms with Crippen molar-refractivity contribution in [2.75, 3.05) is 27.8 Å². The van der Waals surface area contributed by atoms with Crippen molar-refractivity contribution in [1.82, 2.24) is 13.3 Å². The zero-order valence-corrected chi connectivity index (χ0v) is 9.86. The van der Waals surface area contributed by atoms with Crippen LogP contribution >= 0.6 is 0 Å². The van der Waals surface area contributed by atoms with Gasteiger partial charge in [0.15, 0.2) is 0 Å². The average molecular weight is 233 g/mol. The molecule has 0 unspecified atom stereocenters. The topological polar surface area (TPSA) is 64.4 Å². The minimum absolute atomic E-state index is 0.444. The zero-order chi connectivity index (χ0) is 11.5. The largest absolute Gasteiger partial charge is 0.384 e. The van der Waals surface area contributed by atoms with Gasteiger partial charge in [0.2, 0.25) is 0 Å². The molecule has 0 radical (unpaired) electrons. The summed E-state index contributed by atoms with van der Waals surface area (Å²) in [5.74, 6) is 0.477. The number of aromatic nitrogens is 2. The van der Waals surface area contributed by atoms with Crippen molar-refractivity contribution in [2.45, 2.75) is 6.42 Å². The van der Waals surface area contributed by atoms with Crippen molar-refractivity contribution in [3.63, 3.8) is 0 Å². The molecule has 0 amide bonds. The minimum atomic E-state index is -3.46. The molecule has 0 atom stereocenters. The van der Waals surface area contributed by atoms with E-state index in [1.807, 2.05) is 0 Å². The van der Waals surface area contributed by atoms with Crippen LogP contribution in [0.1, 0.15) is 5.82 Å². The summed E-state index contributed by atoms with van der Waals surface area (Å²) in [6.07, 6.45) is 3.36. The third-order valence-corrected chi connectivity index (χ3v) is 3.67. The fraction of sp³-hybridized carbons (Fsp3) is 0.625. The molecule has 0 saturated heterocycles. The summed E-state index contributed by atoms with van der Waals surface area (Å²) in [7, 11) is 1.06. The Balaban J connectivity index is 3.00. The predicted octanol–water partition coefficient (Wildman–Crippen LogP) is -0.273. The maximum atomic E-state index is 11.8. The lowest BCUT2D eigenvalue weighted by Gasteiger charge is -2.13. The van der Waals surface area contributed by atoms with Crippen molar-refractivity contribution in [1.29, 1.82) is 0 Å². The van der Waals surface area contributed by atoms with E-state index < -0.39 is 10.2 Å². The molecular formula is C8H15N3O3S. The highest BCUT2D eigenvalue weighted by atomic mass is 32.2. The van der Waals surface area contributed by atoms with Gasteiger partial charge in [0, 0.05) is 40.0 Å². The van der Waals surface area contributed by atoms with Crippen LogP contribution in [-0.4, -0.2) is 49.5 Å². The van der Waals surface area contributed by atoms with Crippen LogP contribution < -0.4 is 0 Å². The molecule has 1 aromatic heterocycles. The van der Waals surface area contributed by atoms with Gasteiger partial charge in [-0.25, -0.2) is 8.96 Å². The second-order valence-electron chi connectivity index (χ2n) is 3.17. The first-order valence-electron chi connectivity index (χ1n) is 4.44. The first-order valence-corrected chi connectivity index (χ1v) is 5.84. The van der Waals surface area contributed by atoms with Crippen molar-refractivity contribution < 1.29 is 13.2 Å². The van der Waals surface area contributed by atoms with Crippen LogP contribution in [-0.2, 0) is 21.4 Å². The van der Waals surface area contributed by atoms with E-state index in [0.29, 0.717) is 18.9 Å². The Bertz CT molecular complexity index is 411. The second-order valence-corrected chi connectivity index (χ2v) is 5.19. The van der Waals surface area contributed by atoms with Crippen LogP contribution in [0.3, 0.4) is 0 Å². The zero-order valence-electron chi connectivity index (χ0n) is 9.04. The van der Waals surface area contributed by atoms with Crippen LogP contribution in [0.2, 0.25) is 0 Å². The summed E-state index contributed by atoms with van der Waals surface area (Å²) in [4.78, 5) is 3.98. The molecule has 0 N–H and O–H groups in total. The maximum absolute atomic E-state index is 11.8. The highest BCUT2D eigenvalue weighted by Crippen LogP contribution is 2.06. The van der Waals surface area contributed by atoms with Crippen molar-refractivity contribution in [3.05, 3.63) is 18.2 Å². The standard InChI is InChI=1S/C8H15N3O3S/c1-10(2)15(12,13)11-6-5-9-8(11)4-7-14-3/h5-6H,4,7H2,1-3H3. The van der Waals surface area contributed by atoms with Crippen LogP contribution in [0.25, 0.3) is 0 Å². The lowest BCUT2D eigenvalue weighted by Crippen LogP contribution is -2.29. The van der Waals surface area contributed by atoms with Gasteiger partial charge in [-0.3, -0.25) is 0 Å². The molecule has 1 rings (SSSR count). The van der Waals surface area contributed by atoms with E-state index in [1.54, 1.807) is 7.11 Å². The molecule has 0 saturated carbocycles. The normalized spacial score (nSPS) is 12.3. The van der Waals surface area contributed by atoms with E-state index in [-0.39, 0.29) is 0 Å². The monoisotopic (exact) mass is 233 g/mol. The van der Waals surface area contributed by atoms with Crippen molar-refractivity contribution >= 4 is 10.2 Å². The molecule has 0 fully saturated rings.